The molecule has 0 aromatic carbocycles. The standard InChI is InChI=1S/C18H30O3.C8H13NO/c1-16(2,3)13-10-12(8-9-15(19)20)11-14(17(4,5)6)18(13,7)21;1-4-7-5-10-8(9-7)6(2)3/h10-11,13,21H,8-9H2,1-7H3,(H,19,20);7H,2,4-5H2,1,3H3. The molecule has 0 saturated heterocycles. The fraction of sp³-hybridized carbons (Fsp3) is 0.692. The van der Waals surface area contributed by atoms with Gasteiger partial charge in [0.25, 0.3) is 0 Å². The van der Waals surface area contributed by atoms with Crippen molar-refractivity contribution in [2.75, 3.05) is 6.61 Å². The molecule has 1 aliphatic heterocycles. The molecule has 31 heavy (non-hydrogen) atoms. The smallest absolute Gasteiger partial charge is 0.303 e. The zero-order valence-corrected chi connectivity index (χ0v) is 21.0. The highest BCUT2D eigenvalue weighted by molar-refractivity contribution is 5.93. The number of nitrogens with zero attached hydrogens (tertiary/aromatic N) is 1. The quantitative estimate of drug-likeness (QED) is 0.562. The van der Waals surface area contributed by atoms with Crippen molar-refractivity contribution in [3.63, 3.8) is 0 Å². The summed E-state index contributed by atoms with van der Waals surface area (Å²) in [5, 5.41) is 20.0. The number of aliphatic carboxylic acids is 1. The summed E-state index contributed by atoms with van der Waals surface area (Å²) in [6.45, 7) is 23.0. The minimum Gasteiger partial charge on any atom is -0.481 e. The number of aliphatic imine (C=N–C) groups is 1. The maximum Gasteiger partial charge on any atom is 0.303 e. The Bertz CT molecular complexity index is 757. The monoisotopic (exact) mass is 433 g/mol. The first kappa shape index (κ1) is 27.2. The molecule has 3 atom stereocenters. The van der Waals surface area contributed by atoms with Gasteiger partial charge in [0.1, 0.15) is 6.61 Å². The van der Waals surface area contributed by atoms with Crippen LogP contribution in [-0.4, -0.2) is 40.3 Å². The Morgan fingerprint density at radius 1 is 1.29 bits per heavy atom. The number of carbonyl (C=O) groups is 1. The molecule has 5 heteroatoms. The molecule has 1 heterocycles. The topological polar surface area (TPSA) is 79.1 Å². The van der Waals surface area contributed by atoms with Crippen LogP contribution in [0.1, 0.15) is 81.6 Å². The molecule has 5 nitrogen and oxygen atoms in total. The lowest BCUT2D eigenvalue weighted by Crippen LogP contribution is -2.47. The Hall–Kier alpha value is -1.88. The molecule has 2 N–H and O–H groups in total. The van der Waals surface area contributed by atoms with Crippen LogP contribution < -0.4 is 0 Å². The Morgan fingerprint density at radius 3 is 2.23 bits per heavy atom. The van der Waals surface area contributed by atoms with Crippen molar-refractivity contribution >= 4 is 11.9 Å². The van der Waals surface area contributed by atoms with Gasteiger partial charge in [-0.3, -0.25) is 4.79 Å². The number of carboxylic acid groups (broad SMARTS) is 1. The van der Waals surface area contributed by atoms with Crippen LogP contribution in [0.4, 0.5) is 0 Å². The van der Waals surface area contributed by atoms with Crippen molar-refractivity contribution in [3.8, 4) is 0 Å². The Labute approximate surface area is 189 Å². The van der Waals surface area contributed by atoms with Gasteiger partial charge in [-0.15, -0.1) is 0 Å². The van der Waals surface area contributed by atoms with Crippen LogP contribution in [0.15, 0.2) is 40.4 Å². The lowest BCUT2D eigenvalue weighted by molar-refractivity contribution is -0.136. The SMILES string of the molecule is C=C(C)C1=NC(CC)CO1.CC(C)(C)C1=CC(CCC(=O)O)=CC(C(C)(C)C)C1(C)O. The van der Waals surface area contributed by atoms with Crippen LogP contribution in [0.25, 0.3) is 0 Å². The minimum absolute atomic E-state index is 0.0342. The van der Waals surface area contributed by atoms with Crippen molar-refractivity contribution in [2.24, 2.45) is 21.7 Å². The molecule has 2 rings (SSSR count). The molecule has 0 aromatic rings. The van der Waals surface area contributed by atoms with Crippen LogP contribution in [-0.2, 0) is 9.53 Å². The van der Waals surface area contributed by atoms with E-state index in [9.17, 15) is 9.90 Å². The Kier molecular flexibility index (Phi) is 8.90. The second-order valence-corrected chi connectivity index (χ2v) is 11.0. The zero-order valence-electron chi connectivity index (χ0n) is 21.0. The van der Waals surface area contributed by atoms with E-state index in [4.69, 9.17) is 9.84 Å². The first-order chi connectivity index (χ1) is 14.0. The molecule has 0 fully saturated rings. The van der Waals surface area contributed by atoms with E-state index < -0.39 is 11.6 Å². The highest BCUT2D eigenvalue weighted by Crippen LogP contribution is 2.48. The molecule has 3 unspecified atom stereocenters. The predicted molar refractivity (Wildman–Crippen MR) is 128 cm³/mol. The highest BCUT2D eigenvalue weighted by atomic mass is 16.5. The molecule has 0 saturated carbocycles. The third-order valence-corrected chi connectivity index (χ3v) is 5.78. The highest BCUT2D eigenvalue weighted by Gasteiger charge is 2.46. The van der Waals surface area contributed by atoms with Gasteiger partial charge in [-0.25, -0.2) is 4.99 Å². The number of hydrogen-bond acceptors (Lipinski definition) is 4. The number of rotatable bonds is 5. The van der Waals surface area contributed by atoms with Gasteiger partial charge in [0.2, 0.25) is 5.90 Å². The molecular weight excluding hydrogens is 390 g/mol. The molecule has 2 aliphatic rings. The van der Waals surface area contributed by atoms with Crippen LogP contribution in [0.5, 0.6) is 0 Å². The molecule has 0 spiro atoms. The van der Waals surface area contributed by atoms with E-state index in [1.807, 2.05) is 19.9 Å². The summed E-state index contributed by atoms with van der Waals surface area (Å²) in [5.74, 6) is -0.0777. The fourth-order valence-corrected chi connectivity index (χ4v) is 4.26. The van der Waals surface area contributed by atoms with Gasteiger partial charge in [-0.05, 0) is 43.1 Å². The van der Waals surface area contributed by atoms with Gasteiger partial charge in [-0.2, -0.15) is 0 Å². The van der Waals surface area contributed by atoms with Crippen LogP contribution in [0.3, 0.4) is 0 Å². The average molecular weight is 434 g/mol. The predicted octanol–water partition coefficient (Wildman–Crippen LogP) is 5.95. The molecule has 0 bridgehead atoms. The molecule has 1 aliphatic carbocycles. The molecular formula is C26H43NO4. The largest absolute Gasteiger partial charge is 0.481 e. The van der Waals surface area contributed by atoms with Crippen molar-refractivity contribution in [2.45, 2.75) is 93.2 Å². The second-order valence-electron chi connectivity index (χ2n) is 11.0. The summed E-state index contributed by atoms with van der Waals surface area (Å²) in [6.07, 6.45) is 5.76. The number of carboxylic acids is 1. The number of allylic oxidation sites excluding steroid dienone is 2. The van der Waals surface area contributed by atoms with E-state index in [0.717, 1.165) is 35.6 Å². The van der Waals surface area contributed by atoms with E-state index in [-0.39, 0.29) is 23.2 Å². The minimum atomic E-state index is -0.913. The summed E-state index contributed by atoms with van der Waals surface area (Å²) < 4.78 is 5.27. The zero-order chi connectivity index (χ0) is 24.2. The van der Waals surface area contributed by atoms with Gasteiger partial charge < -0.3 is 14.9 Å². The van der Waals surface area contributed by atoms with E-state index in [0.29, 0.717) is 12.5 Å². The number of ether oxygens (including phenoxy) is 1. The van der Waals surface area contributed by atoms with Crippen molar-refractivity contribution < 1.29 is 19.7 Å². The molecule has 0 aromatic heterocycles. The van der Waals surface area contributed by atoms with Crippen molar-refractivity contribution in [3.05, 3.63) is 35.5 Å². The van der Waals surface area contributed by atoms with Crippen molar-refractivity contribution in [1.29, 1.82) is 0 Å². The third-order valence-electron chi connectivity index (χ3n) is 5.78. The van der Waals surface area contributed by atoms with Crippen molar-refractivity contribution in [1.82, 2.24) is 0 Å². The summed E-state index contributed by atoms with van der Waals surface area (Å²) >= 11 is 0. The molecule has 0 amide bonds. The molecule has 0 radical (unpaired) electrons. The van der Waals surface area contributed by atoms with Gasteiger partial charge >= 0.3 is 5.97 Å². The fourth-order valence-electron chi connectivity index (χ4n) is 4.26. The first-order valence-electron chi connectivity index (χ1n) is 11.2. The van der Waals surface area contributed by atoms with Gasteiger partial charge in [0.05, 0.1) is 11.6 Å². The normalized spacial score (nSPS) is 26.1. The van der Waals surface area contributed by atoms with Crippen LogP contribution >= 0.6 is 0 Å². The third kappa shape index (κ3) is 7.64. The summed E-state index contributed by atoms with van der Waals surface area (Å²) in [5.41, 5.74) is 1.77. The second kappa shape index (κ2) is 10.2. The average Bonchev–Trinajstić information content (AvgIpc) is 3.08. The van der Waals surface area contributed by atoms with Crippen LogP contribution in [0.2, 0.25) is 0 Å². The molecule has 176 valence electrons. The number of aliphatic hydroxyl groups is 1. The van der Waals surface area contributed by atoms with Gasteiger partial charge in [0, 0.05) is 17.9 Å². The summed E-state index contributed by atoms with van der Waals surface area (Å²) in [4.78, 5) is 15.1. The number of hydrogen-bond donors (Lipinski definition) is 2. The first-order valence-corrected chi connectivity index (χ1v) is 11.2. The van der Waals surface area contributed by atoms with E-state index in [1.165, 1.54) is 0 Å². The maximum atomic E-state index is 11.1. The Morgan fingerprint density at radius 2 is 1.87 bits per heavy atom. The van der Waals surface area contributed by atoms with E-state index in [1.54, 1.807) is 0 Å². The maximum absolute atomic E-state index is 11.1. The summed E-state index contributed by atoms with van der Waals surface area (Å²) in [7, 11) is 0. The van der Waals surface area contributed by atoms with E-state index >= 15 is 0 Å². The van der Waals surface area contributed by atoms with Crippen LogP contribution in [0, 0.1) is 16.7 Å². The lowest BCUT2D eigenvalue weighted by atomic mass is 9.61. The van der Waals surface area contributed by atoms with E-state index in [2.05, 4.69) is 66.1 Å². The van der Waals surface area contributed by atoms with Gasteiger partial charge in [0.15, 0.2) is 0 Å². The summed E-state index contributed by atoms with van der Waals surface area (Å²) in [6, 6.07) is 0.367. The lowest BCUT2D eigenvalue weighted by Gasteiger charge is -2.47. The Balaban J connectivity index is 0.000000399. The van der Waals surface area contributed by atoms with Gasteiger partial charge in [-0.1, -0.05) is 72.8 Å².